The second-order valence-corrected chi connectivity index (χ2v) is 5.56. The molecule has 1 fully saturated rings. The summed E-state index contributed by atoms with van der Waals surface area (Å²) in [5.41, 5.74) is 1.57. The van der Waals surface area contributed by atoms with E-state index in [-0.39, 0.29) is 0 Å². The molecule has 1 aliphatic rings. The summed E-state index contributed by atoms with van der Waals surface area (Å²) in [7, 11) is 3.80. The van der Waals surface area contributed by atoms with Gasteiger partial charge in [-0.25, -0.2) is 0 Å². The van der Waals surface area contributed by atoms with Gasteiger partial charge in [-0.1, -0.05) is 19.8 Å². The molecular weight excluding hydrogens is 238 g/mol. The lowest BCUT2D eigenvalue weighted by Gasteiger charge is -2.37. The lowest BCUT2D eigenvalue weighted by molar-refractivity contribution is 0.183. The molecule has 1 saturated carbocycles. The highest BCUT2D eigenvalue weighted by Crippen LogP contribution is 2.51. The average Bonchev–Trinajstić information content (AvgIpc) is 3.07. The van der Waals surface area contributed by atoms with Gasteiger partial charge in [-0.3, -0.25) is 4.68 Å². The number of hydrogen-bond donors (Lipinski definition) is 1. The third-order valence-corrected chi connectivity index (χ3v) is 4.84. The van der Waals surface area contributed by atoms with E-state index in [9.17, 15) is 0 Å². The zero-order valence-corrected chi connectivity index (χ0v) is 12.7. The van der Waals surface area contributed by atoms with E-state index in [4.69, 9.17) is 4.74 Å². The standard InChI is InChI=1S/C15H27N3O/c1-5-15(9-7-8-10-15)14(16-3)13-12(19-4)11-17-18(13)6-2/h11,14,16H,5-10H2,1-4H3. The van der Waals surface area contributed by atoms with Crippen molar-refractivity contribution in [3.05, 3.63) is 11.9 Å². The molecule has 1 aliphatic carbocycles. The number of aryl methyl sites for hydroxylation is 1. The van der Waals surface area contributed by atoms with Gasteiger partial charge in [0.05, 0.1) is 25.0 Å². The third kappa shape index (κ3) is 2.38. The summed E-state index contributed by atoms with van der Waals surface area (Å²) in [6.07, 6.45) is 8.33. The summed E-state index contributed by atoms with van der Waals surface area (Å²) in [6, 6.07) is 0.331. The molecule has 1 N–H and O–H groups in total. The molecule has 19 heavy (non-hydrogen) atoms. The highest BCUT2D eigenvalue weighted by atomic mass is 16.5. The van der Waals surface area contributed by atoms with Crippen LogP contribution in [0.5, 0.6) is 5.75 Å². The molecule has 1 aromatic heterocycles. The quantitative estimate of drug-likeness (QED) is 0.859. The van der Waals surface area contributed by atoms with Crippen LogP contribution in [0.25, 0.3) is 0 Å². The fourth-order valence-electron chi connectivity index (χ4n) is 3.74. The minimum Gasteiger partial charge on any atom is -0.493 e. The Hall–Kier alpha value is -1.03. The normalized spacial score (nSPS) is 19.6. The van der Waals surface area contributed by atoms with Crippen molar-refractivity contribution in [2.75, 3.05) is 14.2 Å². The van der Waals surface area contributed by atoms with Gasteiger partial charge >= 0.3 is 0 Å². The van der Waals surface area contributed by atoms with E-state index in [1.807, 2.05) is 6.20 Å². The number of hydrogen-bond acceptors (Lipinski definition) is 3. The lowest BCUT2D eigenvalue weighted by Crippen LogP contribution is -2.36. The highest BCUT2D eigenvalue weighted by molar-refractivity contribution is 5.30. The monoisotopic (exact) mass is 265 g/mol. The number of nitrogens with one attached hydrogen (secondary N) is 1. The minimum absolute atomic E-state index is 0.331. The fourth-order valence-corrected chi connectivity index (χ4v) is 3.74. The summed E-state index contributed by atoms with van der Waals surface area (Å²) in [5, 5.41) is 8.01. The number of rotatable bonds is 6. The van der Waals surface area contributed by atoms with Crippen LogP contribution in [0.4, 0.5) is 0 Å². The second-order valence-electron chi connectivity index (χ2n) is 5.56. The molecule has 1 heterocycles. The molecule has 108 valence electrons. The summed E-state index contributed by atoms with van der Waals surface area (Å²) in [4.78, 5) is 0. The smallest absolute Gasteiger partial charge is 0.161 e. The summed E-state index contributed by atoms with van der Waals surface area (Å²) < 4.78 is 7.62. The first-order chi connectivity index (χ1) is 9.22. The van der Waals surface area contributed by atoms with Gasteiger partial charge in [-0.15, -0.1) is 0 Å². The van der Waals surface area contributed by atoms with E-state index in [1.165, 1.54) is 37.8 Å². The molecule has 0 saturated heterocycles. The fraction of sp³-hybridized carbons (Fsp3) is 0.800. The van der Waals surface area contributed by atoms with Crippen molar-refractivity contribution in [3.63, 3.8) is 0 Å². The third-order valence-electron chi connectivity index (χ3n) is 4.84. The molecule has 2 rings (SSSR count). The number of ether oxygens (including phenoxy) is 1. The van der Waals surface area contributed by atoms with Crippen LogP contribution in [0.15, 0.2) is 6.20 Å². The van der Waals surface area contributed by atoms with E-state index in [1.54, 1.807) is 7.11 Å². The van der Waals surface area contributed by atoms with Crippen molar-refractivity contribution in [2.24, 2.45) is 5.41 Å². The Morgan fingerprint density at radius 3 is 2.58 bits per heavy atom. The Balaban J connectivity index is 2.43. The van der Waals surface area contributed by atoms with Crippen LogP contribution < -0.4 is 10.1 Å². The van der Waals surface area contributed by atoms with Gasteiger partial charge in [0.15, 0.2) is 5.75 Å². The molecule has 0 amide bonds. The van der Waals surface area contributed by atoms with Crippen molar-refractivity contribution >= 4 is 0 Å². The predicted octanol–water partition coefficient (Wildman–Crippen LogP) is 3.14. The molecule has 0 spiro atoms. The number of nitrogens with zero attached hydrogens (tertiary/aromatic N) is 2. The Kier molecular flexibility index (Phi) is 4.50. The van der Waals surface area contributed by atoms with Crippen LogP contribution >= 0.6 is 0 Å². The first-order valence-corrected chi connectivity index (χ1v) is 7.49. The minimum atomic E-state index is 0.331. The van der Waals surface area contributed by atoms with Crippen molar-refractivity contribution < 1.29 is 4.74 Å². The molecule has 1 unspecified atom stereocenters. The van der Waals surface area contributed by atoms with Crippen molar-refractivity contribution in [1.82, 2.24) is 15.1 Å². The van der Waals surface area contributed by atoms with E-state index < -0.39 is 0 Å². The maximum absolute atomic E-state index is 5.54. The molecule has 1 atom stereocenters. The van der Waals surface area contributed by atoms with Crippen LogP contribution in [0, 0.1) is 5.41 Å². The maximum atomic E-state index is 5.54. The van der Waals surface area contributed by atoms with Crippen LogP contribution in [0.1, 0.15) is 57.7 Å². The van der Waals surface area contributed by atoms with Gasteiger partial charge in [-0.05, 0) is 38.6 Å². The van der Waals surface area contributed by atoms with Gasteiger partial charge in [0.25, 0.3) is 0 Å². The Morgan fingerprint density at radius 1 is 1.42 bits per heavy atom. The number of methoxy groups -OCH3 is 1. The Morgan fingerprint density at radius 2 is 2.11 bits per heavy atom. The predicted molar refractivity (Wildman–Crippen MR) is 77.4 cm³/mol. The zero-order chi connectivity index (χ0) is 13.9. The Labute approximate surface area is 116 Å². The molecular formula is C15H27N3O. The van der Waals surface area contributed by atoms with E-state index in [2.05, 4.69) is 36.0 Å². The first kappa shape index (κ1) is 14.4. The van der Waals surface area contributed by atoms with E-state index in [0.29, 0.717) is 11.5 Å². The van der Waals surface area contributed by atoms with Crippen LogP contribution in [-0.2, 0) is 6.54 Å². The summed E-state index contributed by atoms with van der Waals surface area (Å²) >= 11 is 0. The van der Waals surface area contributed by atoms with E-state index in [0.717, 1.165) is 12.3 Å². The van der Waals surface area contributed by atoms with Crippen molar-refractivity contribution in [3.8, 4) is 5.75 Å². The van der Waals surface area contributed by atoms with Gasteiger partial charge in [0, 0.05) is 6.54 Å². The molecule has 0 radical (unpaired) electrons. The van der Waals surface area contributed by atoms with Crippen molar-refractivity contribution in [1.29, 1.82) is 0 Å². The molecule has 0 aromatic carbocycles. The van der Waals surface area contributed by atoms with Gasteiger partial charge < -0.3 is 10.1 Å². The highest BCUT2D eigenvalue weighted by Gasteiger charge is 2.42. The van der Waals surface area contributed by atoms with Gasteiger partial charge in [-0.2, -0.15) is 5.10 Å². The molecule has 4 nitrogen and oxygen atoms in total. The largest absolute Gasteiger partial charge is 0.493 e. The zero-order valence-electron chi connectivity index (χ0n) is 12.7. The molecule has 0 bridgehead atoms. The lowest BCUT2D eigenvalue weighted by atomic mass is 9.74. The second kappa shape index (κ2) is 5.95. The number of aromatic nitrogens is 2. The molecule has 4 heteroatoms. The van der Waals surface area contributed by atoms with Gasteiger partial charge in [0.1, 0.15) is 0 Å². The summed E-state index contributed by atoms with van der Waals surface area (Å²) in [6.45, 7) is 5.33. The molecule has 0 aliphatic heterocycles. The van der Waals surface area contributed by atoms with Gasteiger partial charge in [0.2, 0.25) is 0 Å². The van der Waals surface area contributed by atoms with Crippen LogP contribution in [0.2, 0.25) is 0 Å². The topological polar surface area (TPSA) is 39.1 Å². The SMILES string of the molecule is CCn1ncc(OC)c1C(NC)C1(CC)CCCC1. The maximum Gasteiger partial charge on any atom is 0.161 e. The van der Waals surface area contributed by atoms with Crippen molar-refractivity contribution in [2.45, 2.75) is 58.5 Å². The Bertz CT molecular complexity index is 386. The van der Waals surface area contributed by atoms with E-state index >= 15 is 0 Å². The summed E-state index contributed by atoms with van der Waals surface area (Å²) in [5.74, 6) is 0.918. The van der Waals surface area contributed by atoms with Crippen LogP contribution in [0.3, 0.4) is 0 Å². The molecule has 1 aromatic rings. The van der Waals surface area contributed by atoms with Crippen LogP contribution in [-0.4, -0.2) is 23.9 Å². The average molecular weight is 265 g/mol. The first-order valence-electron chi connectivity index (χ1n) is 7.49.